The van der Waals surface area contributed by atoms with Crippen LogP contribution < -0.4 is 5.73 Å². The van der Waals surface area contributed by atoms with Gasteiger partial charge in [-0.15, -0.1) is 11.3 Å². The molecular formula is C12H13FN2S. The summed E-state index contributed by atoms with van der Waals surface area (Å²) in [5, 5.41) is 0. The quantitative estimate of drug-likeness (QED) is 0.885. The molecule has 2 aromatic rings. The molecule has 1 unspecified atom stereocenters. The van der Waals surface area contributed by atoms with Crippen molar-refractivity contribution in [1.29, 1.82) is 0 Å². The molecule has 0 saturated heterocycles. The maximum Gasteiger partial charge on any atom is 0.123 e. The van der Waals surface area contributed by atoms with E-state index in [4.69, 9.17) is 5.73 Å². The highest BCUT2D eigenvalue weighted by molar-refractivity contribution is 7.09. The van der Waals surface area contributed by atoms with E-state index in [2.05, 4.69) is 4.98 Å². The average molecular weight is 236 g/mol. The highest BCUT2D eigenvalue weighted by atomic mass is 32.1. The first-order chi connectivity index (χ1) is 7.74. The lowest BCUT2D eigenvalue weighted by molar-refractivity contribution is 0.624. The largest absolute Gasteiger partial charge is 0.327 e. The minimum absolute atomic E-state index is 0.0610. The minimum Gasteiger partial charge on any atom is -0.327 e. The number of hydrogen-bond acceptors (Lipinski definition) is 3. The minimum atomic E-state index is -0.209. The summed E-state index contributed by atoms with van der Waals surface area (Å²) in [5.74, 6) is -0.209. The van der Waals surface area contributed by atoms with Gasteiger partial charge in [0.15, 0.2) is 0 Å². The molecule has 1 aromatic heterocycles. The number of thiazole rings is 1. The molecular weight excluding hydrogens is 223 g/mol. The van der Waals surface area contributed by atoms with E-state index in [1.54, 1.807) is 29.0 Å². The maximum atomic E-state index is 12.7. The average Bonchev–Trinajstić information content (AvgIpc) is 2.74. The number of nitrogens with two attached hydrogens (primary N) is 1. The number of halogens is 1. The highest BCUT2D eigenvalue weighted by Gasteiger charge is 2.06. The van der Waals surface area contributed by atoms with Crippen LogP contribution in [0.2, 0.25) is 0 Å². The second kappa shape index (κ2) is 5.18. The summed E-state index contributed by atoms with van der Waals surface area (Å²) >= 11 is 1.61. The summed E-state index contributed by atoms with van der Waals surface area (Å²) in [6.45, 7) is 0. The Labute approximate surface area is 97.9 Å². The van der Waals surface area contributed by atoms with Gasteiger partial charge >= 0.3 is 0 Å². The Kier molecular flexibility index (Phi) is 3.64. The molecule has 0 spiro atoms. The van der Waals surface area contributed by atoms with Gasteiger partial charge in [-0.25, -0.2) is 4.39 Å². The summed E-state index contributed by atoms with van der Waals surface area (Å²) in [4.78, 5) is 5.20. The fourth-order valence-corrected chi connectivity index (χ4v) is 2.29. The molecule has 0 saturated carbocycles. The van der Waals surface area contributed by atoms with E-state index in [0.717, 1.165) is 18.4 Å². The van der Waals surface area contributed by atoms with Crippen molar-refractivity contribution in [3.05, 3.63) is 52.2 Å². The molecule has 0 bridgehead atoms. The molecule has 0 aliphatic rings. The Hall–Kier alpha value is -1.26. The zero-order valence-electron chi connectivity index (χ0n) is 8.77. The van der Waals surface area contributed by atoms with Crippen LogP contribution in [0.25, 0.3) is 0 Å². The summed E-state index contributed by atoms with van der Waals surface area (Å²) in [6, 6.07) is 6.55. The summed E-state index contributed by atoms with van der Waals surface area (Å²) in [5.41, 5.74) is 8.89. The van der Waals surface area contributed by atoms with Crippen LogP contribution in [0.15, 0.2) is 36.0 Å². The molecule has 1 atom stereocenters. The van der Waals surface area contributed by atoms with Gasteiger partial charge in [0.2, 0.25) is 0 Å². The van der Waals surface area contributed by atoms with Gasteiger partial charge in [-0.2, -0.15) is 0 Å². The van der Waals surface area contributed by atoms with Gasteiger partial charge in [0.1, 0.15) is 5.82 Å². The van der Waals surface area contributed by atoms with Gasteiger partial charge in [-0.3, -0.25) is 4.98 Å². The van der Waals surface area contributed by atoms with E-state index in [9.17, 15) is 4.39 Å². The molecule has 1 aromatic carbocycles. The lowest BCUT2D eigenvalue weighted by Crippen LogP contribution is -2.25. The van der Waals surface area contributed by atoms with E-state index in [-0.39, 0.29) is 11.9 Å². The third-order valence-electron chi connectivity index (χ3n) is 2.36. The Bertz CT molecular complexity index is 425. The monoisotopic (exact) mass is 236 g/mol. The van der Waals surface area contributed by atoms with Crippen LogP contribution >= 0.6 is 11.3 Å². The van der Waals surface area contributed by atoms with Crippen molar-refractivity contribution in [2.45, 2.75) is 18.9 Å². The van der Waals surface area contributed by atoms with E-state index in [1.807, 2.05) is 6.20 Å². The lowest BCUT2D eigenvalue weighted by atomic mass is 10.0. The predicted octanol–water partition coefficient (Wildman–Crippen LogP) is 2.39. The van der Waals surface area contributed by atoms with Gasteiger partial charge in [0.25, 0.3) is 0 Å². The first kappa shape index (κ1) is 11.2. The molecule has 0 radical (unpaired) electrons. The number of hydrogen-bond donors (Lipinski definition) is 1. The Morgan fingerprint density at radius 2 is 2.00 bits per heavy atom. The highest BCUT2D eigenvalue weighted by Crippen LogP contribution is 2.11. The molecule has 16 heavy (non-hydrogen) atoms. The van der Waals surface area contributed by atoms with Gasteiger partial charge in [0, 0.05) is 17.1 Å². The second-order valence-corrected chi connectivity index (χ2v) is 4.73. The van der Waals surface area contributed by atoms with Crippen molar-refractivity contribution in [3.63, 3.8) is 0 Å². The van der Waals surface area contributed by atoms with Crippen molar-refractivity contribution in [2.75, 3.05) is 0 Å². The molecule has 0 aliphatic heterocycles. The molecule has 4 heteroatoms. The molecule has 2 N–H and O–H groups in total. The second-order valence-electron chi connectivity index (χ2n) is 3.76. The van der Waals surface area contributed by atoms with Crippen molar-refractivity contribution in [1.82, 2.24) is 4.98 Å². The van der Waals surface area contributed by atoms with Crippen LogP contribution in [0.5, 0.6) is 0 Å². The topological polar surface area (TPSA) is 38.9 Å². The number of rotatable bonds is 4. The van der Waals surface area contributed by atoms with Crippen LogP contribution in [0.4, 0.5) is 4.39 Å². The van der Waals surface area contributed by atoms with Gasteiger partial charge in [-0.1, -0.05) is 12.1 Å². The Morgan fingerprint density at radius 3 is 2.62 bits per heavy atom. The molecule has 0 aliphatic carbocycles. The van der Waals surface area contributed by atoms with Crippen molar-refractivity contribution < 1.29 is 4.39 Å². The van der Waals surface area contributed by atoms with Crippen molar-refractivity contribution >= 4 is 11.3 Å². The standard InChI is InChI=1S/C12H13FN2S/c13-10-3-1-9(2-4-10)5-11(14)6-12-7-15-8-16-12/h1-4,7-8,11H,5-6,14H2. The van der Waals surface area contributed by atoms with E-state index >= 15 is 0 Å². The van der Waals surface area contributed by atoms with Crippen LogP contribution in [0, 0.1) is 5.82 Å². The van der Waals surface area contributed by atoms with Crippen LogP contribution in [0.3, 0.4) is 0 Å². The normalized spacial score (nSPS) is 12.6. The third-order valence-corrected chi connectivity index (χ3v) is 3.16. The first-order valence-electron chi connectivity index (χ1n) is 5.11. The van der Waals surface area contributed by atoms with Crippen LogP contribution in [0.1, 0.15) is 10.4 Å². The van der Waals surface area contributed by atoms with E-state index < -0.39 is 0 Å². The van der Waals surface area contributed by atoms with Crippen LogP contribution in [-0.4, -0.2) is 11.0 Å². The van der Waals surface area contributed by atoms with Crippen molar-refractivity contribution in [3.8, 4) is 0 Å². The fourth-order valence-electron chi connectivity index (χ4n) is 1.60. The SMILES string of the molecule is NC(Cc1ccc(F)cc1)Cc1cncs1. The van der Waals surface area contributed by atoms with Gasteiger partial charge < -0.3 is 5.73 Å². The lowest BCUT2D eigenvalue weighted by Gasteiger charge is -2.09. The first-order valence-corrected chi connectivity index (χ1v) is 5.99. The van der Waals surface area contributed by atoms with Gasteiger partial charge in [0.05, 0.1) is 5.51 Å². The third kappa shape index (κ3) is 3.12. The number of nitrogens with zero attached hydrogens (tertiary/aromatic N) is 1. The van der Waals surface area contributed by atoms with Crippen molar-refractivity contribution in [2.24, 2.45) is 5.73 Å². The summed E-state index contributed by atoms with van der Waals surface area (Å²) in [7, 11) is 0. The molecule has 0 fully saturated rings. The number of benzene rings is 1. The van der Waals surface area contributed by atoms with Gasteiger partial charge in [-0.05, 0) is 30.5 Å². The van der Waals surface area contributed by atoms with E-state index in [0.29, 0.717) is 0 Å². The predicted molar refractivity (Wildman–Crippen MR) is 63.9 cm³/mol. The Morgan fingerprint density at radius 1 is 1.25 bits per heavy atom. The molecule has 1 heterocycles. The summed E-state index contributed by atoms with van der Waals surface area (Å²) < 4.78 is 12.7. The Balaban J connectivity index is 1.92. The zero-order chi connectivity index (χ0) is 11.4. The molecule has 2 nitrogen and oxygen atoms in total. The summed E-state index contributed by atoms with van der Waals surface area (Å²) in [6.07, 6.45) is 3.43. The smallest absolute Gasteiger partial charge is 0.123 e. The molecule has 84 valence electrons. The molecule has 2 rings (SSSR count). The number of aromatic nitrogens is 1. The maximum absolute atomic E-state index is 12.7. The molecule has 0 amide bonds. The van der Waals surface area contributed by atoms with E-state index in [1.165, 1.54) is 17.0 Å². The fraction of sp³-hybridized carbons (Fsp3) is 0.250. The van der Waals surface area contributed by atoms with Crippen LogP contribution in [-0.2, 0) is 12.8 Å². The zero-order valence-corrected chi connectivity index (χ0v) is 9.58.